The van der Waals surface area contributed by atoms with E-state index in [0.717, 1.165) is 28.8 Å². The van der Waals surface area contributed by atoms with Crippen LogP contribution in [0, 0.1) is 0 Å². The first kappa shape index (κ1) is 14.5. The van der Waals surface area contributed by atoms with Gasteiger partial charge in [-0.1, -0.05) is 35.3 Å². The van der Waals surface area contributed by atoms with E-state index in [9.17, 15) is 0 Å². The van der Waals surface area contributed by atoms with Crippen LogP contribution in [0.5, 0.6) is 5.75 Å². The maximum Gasteiger partial charge on any atom is 0.172 e. The highest BCUT2D eigenvalue weighted by Crippen LogP contribution is 2.36. The number of nitrogens with zero attached hydrogens (tertiary/aromatic N) is 2. The van der Waals surface area contributed by atoms with Crippen molar-refractivity contribution in [3.05, 3.63) is 58.2 Å². The molecule has 3 aromatic rings. The molecule has 1 unspecified atom stereocenters. The molecule has 1 atom stereocenters. The third-order valence-electron chi connectivity index (χ3n) is 3.85. The molecule has 23 heavy (non-hydrogen) atoms. The van der Waals surface area contributed by atoms with Crippen LogP contribution >= 0.6 is 23.2 Å². The van der Waals surface area contributed by atoms with Gasteiger partial charge in [0.1, 0.15) is 5.75 Å². The average Bonchev–Trinajstić information content (AvgIpc) is 2.56. The fourth-order valence-corrected chi connectivity index (χ4v) is 3.12. The maximum absolute atomic E-state index is 6.29. The molecule has 116 valence electrons. The lowest BCUT2D eigenvalue weighted by Crippen LogP contribution is -2.21. The summed E-state index contributed by atoms with van der Waals surface area (Å²) in [6.07, 6.45) is 0.804. The van der Waals surface area contributed by atoms with Crippen molar-refractivity contribution in [3.8, 4) is 5.75 Å². The Hall–Kier alpha value is -2.04. The molecule has 0 radical (unpaired) electrons. The predicted octanol–water partition coefficient (Wildman–Crippen LogP) is 4.87. The number of halogens is 2. The van der Waals surface area contributed by atoms with Gasteiger partial charge in [0.15, 0.2) is 11.0 Å². The number of nitrogens with one attached hydrogen (secondary N) is 1. The minimum Gasteiger partial charge on any atom is -0.493 e. The van der Waals surface area contributed by atoms with Gasteiger partial charge in [-0.15, -0.1) is 0 Å². The molecular weight excluding hydrogens is 333 g/mol. The van der Waals surface area contributed by atoms with Crippen LogP contribution in [-0.2, 0) is 0 Å². The number of rotatable bonds is 2. The SMILES string of the molecule is Clc1ccc2c(c1)C(Nc1nc3ccccc3nc1Cl)CCO2. The molecule has 1 aliphatic rings. The van der Waals surface area contributed by atoms with Gasteiger partial charge in [0.2, 0.25) is 0 Å². The molecule has 4 nitrogen and oxygen atoms in total. The second-order valence-electron chi connectivity index (χ2n) is 5.37. The number of benzene rings is 2. The Morgan fingerprint density at radius 1 is 1.04 bits per heavy atom. The second kappa shape index (κ2) is 5.87. The van der Waals surface area contributed by atoms with Gasteiger partial charge in [-0.25, -0.2) is 9.97 Å². The van der Waals surface area contributed by atoms with Crippen LogP contribution in [0.1, 0.15) is 18.0 Å². The Bertz CT molecular complexity index is 885. The molecule has 0 saturated carbocycles. The summed E-state index contributed by atoms with van der Waals surface area (Å²) in [5.74, 6) is 1.41. The van der Waals surface area contributed by atoms with Crippen LogP contribution in [-0.4, -0.2) is 16.6 Å². The number of hydrogen-bond donors (Lipinski definition) is 1. The lowest BCUT2D eigenvalue weighted by atomic mass is 10.0. The van der Waals surface area contributed by atoms with E-state index in [4.69, 9.17) is 27.9 Å². The molecule has 4 rings (SSSR count). The summed E-state index contributed by atoms with van der Waals surface area (Å²) in [6.45, 7) is 0.630. The molecule has 1 aliphatic heterocycles. The number of para-hydroxylation sites is 2. The molecule has 1 N–H and O–H groups in total. The first-order valence-corrected chi connectivity index (χ1v) is 8.07. The molecule has 0 bridgehead atoms. The first-order chi connectivity index (χ1) is 11.2. The summed E-state index contributed by atoms with van der Waals surface area (Å²) in [5, 5.41) is 4.42. The van der Waals surface area contributed by atoms with Gasteiger partial charge < -0.3 is 10.1 Å². The van der Waals surface area contributed by atoms with Crippen molar-refractivity contribution in [2.24, 2.45) is 0 Å². The summed E-state index contributed by atoms with van der Waals surface area (Å²) < 4.78 is 5.68. The topological polar surface area (TPSA) is 47.0 Å². The molecule has 0 spiro atoms. The minimum atomic E-state index is 0.0328. The zero-order valence-electron chi connectivity index (χ0n) is 12.1. The largest absolute Gasteiger partial charge is 0.493 e. The lowest BCUT2D eigenvalue weighted by molar-refractivity contribution is 0.274. The number of hydrogen-bond acceptors (Lipinski definition) is 4. The molecule has 0 fully saturated rings. The minimum absolute atomic E-state index is 0.0328. The molecule has 0 saturated heterocycles. The van der Waals surface area contributed by atoms with Crippen molar-refractivity contribution in [1.82, 2.24) is 9.97 Å². The Balaban J connectivity index is 1.72. The van der Waals surface area contributed by atoms with E-state index in [-0.39, 0.29) is 6.04 Å². The molecule has 6 heteroatoms. The van der Waals surface area contributed by atoms with Gasteiger partial charge in [-0.3, -0.25) is 0 Å². The normalized spacial score (nSPS) is 16.7. The second-order valence-corrected chi connectivity index (χ2v) is 6.16. The standard InChI is InChI=1S/C17H13Cl2N3O/c18-10-5-6-15-11(9-10)12(7-8-23-15)21-17-16(19)20-13-3-1-2-4-14(13)22-17/h1-6,9,12H,7-8H2,(H,21,22). The fourth-order valence-electron chi connectivity index (χ4n) is 2.75. The number of aromatic nitrogens is 2. The van der Waals surface area contributed by atoms with Crippen LogP contribution < -0.4 is 10.1 Å². The van der Waals surface area contributed by atoms with Gasteiger partial charge in [0.25, 0.3) is 0 Å². The number of ether oxygens (including phenoxy) is 1. The van der Waals surface area contributed by atoms with Crippen molar-refractivity contribution in [3.63, 3.8) is 0 Å². The van der Waals surface area contributed by atoms with Gasteiger partial charge in [-0.2, -0.15) is 0 Å². The van der Waals surface area contributed by atoms with Crippen LogP contribution in [0.2, 0.25) is 10.2 Å². The van der Waals surface area contributed by atoms with Crippen LogP contribution in [0.3, 0.4) is 0 Å². The van der Waals surface area contributed by atoms with E-state index >= 15 is 0 Å². The molecule has 1 aromatic heterocycles. The highest BCUT2D eigenvalue weighted by Gasteiger charge is 2.23. The summed E-state index contributed by atoms with van der Waals surface area (Å²) >= 11 is 12.4. The number of anilines is 1. The third-order valence-corrected chi connectivity index (χ3v) is 4.35. The van der Waals surface area contributed by atoms with Crippen molar-refractivity contribution in [1.29, 1.82) is 0 Å². The van der Waals surface area contributed by atoms with Crippen molar-refractivity contribution < 1.29 is 4.74 Å². The van der Waals surface area contributed by atoms with Crippen LogP contribution in [0.15, 0.2) is 42.5 Å². The zero-order chi connectivity index (χ0) is 15.8. The highest BCUT2D eigenvalue weighted by molar-refractivity contribution is 6.32. The first-order valence-electron chi connectivity index (χ1n) is 7.32. The summed E-state index contributed by atoms with van der Waals surface area (Å²) in [7, 11) is 0. The van der Waals surface area contributed by atoms with E-state index < -0.39 is 0 Å². The number of fused-ring (bicyclic) bond motifs is 2. The molecular formula is C17H13Cl2N3O. The van der Waals surface area contributed by atoms with Gasteiger partial charge >= 0.3 is 0 Å². The van der Waals surface area contributed by atoms with E-state index in [2.05, 4.69) is 15.3 Å². The van der Waals surface area contributed by atoms with E-state index in [0.29, 0.717) is 22.6 Å². The molecule has 2 heterocycles. The quantitative estimate of drug-likeness (QED) is 0.719. The smallest absolute Gasteiger partial charge is 0.172 e. The van der Waals surface area contributed by atoms with Crippen LogP contribution in [0.25, 0.3) is 11.0 Å². The Morgan fingerprint density at radius 2 is 1.83 bits per heavy atom. The molecule has 0 aliphatic carbocycles. The van der Waals surface area contributed by atoms with Gasteiger partial charge in [0, 0.05) is 17.0 Å². The highest BCUT2D eigenvalue weighted by atomic mass is 35.5. The predicted molar refractivity (Wildman–Crippen MR) is 92.5 cm³/mol. The Morgan fingerprint density at radius 3 is 2.65 bits per heavy atom. The van der Waals surface area contributed by atoms with E-state index in [1.807, 2.05) is 42.5 Å². The van der Waals surface area contributed by atoms with Crippen molar-refractivity contribution in [2.75, 3.05) is 11.9 Å². The summed E-state index contributed by atoms with van der Waals surface area (Å²) in [4.78, 5) is 8.98. The van der Waals surface area contributed by atoms with E-state index in [1.54, 1.807) is 0 Å². The lowest BCUT2D eigenvalue weighted by Gasteiger charge is -2.27. The van der Waals surface area contributed by atoms with Crippen molar-refractivity contribution >= 4 is 40.1 Å². The Labute approximate surface area is 143 Å². The Kier molecular flexibility index (Phi) is 3.71. The summed E-state index contributed by atoms with van der Waals surface area (Å²) in [5.41, 5.74) is 2.59. The summed E-state index contributed by atoms with van der Waals surface area (Å²) in [6, 6.07) is 13.3. The third kappa shape index (κ3) is 2.80. The molecule has 2 aromatic carbocycles. The molecule has 0 amide bonds. The average molecular weight is 346 g/mol. The van der Waals surface area contributed by atoms with Gasteiger partial charge in [0.05, 0.1) is 23.7 Å². The van der Waals surface area contributed by atoms with Crippen molar-refractivity contribution in [2.45, 2.75) is 12.5 Å². The zero-order valence-corrected chi connectivity index (χ0v) is 13.6. The van der Waals surface area contributed by atoms with Gasteiger partial charge in [-0.05, 0) is 30.3 Å². The fraction of sp³-hybridized carbons (Fsp3) is 0.176. The van der Waals surface area contributed by atoms with Crippen LogP contribution in [0.4, 0.5) is 5.82 Å². The maximum atomic E-state index is 6.29. The van der Waals surface area contributed by atoms with E-state index in [1.165, 1.54) is 0 Å². The monoisotopic (exact) mass is 345 g/mol.